The van der Waals surface area contributed by atoms with E-state index in [1.54, 1.807) is 48.7 Å². The van der Waals surface area contributed by atoms with E-state index in [0.717, 1.165) is 25.7 Å². The molecule has 0 aliphatic heterocycles. The van der Waals surface area contributed by atoms with Gasteiger partial charge in [-0.2, -0.15) is 0 Å². The van der Waals surface area contributed by atoms with Gasteiger partial charge in [-0.25, -0.2) is 27.2 Å². The number of hydrogen-bond acceptors (Lipinski definition) is 7. The zero-order valence-corrected chi connectivity index (χ0v) is 24.2. The van der Waals surface area contributed by atoms with Crippen LogP contribution in [0.15, 0.2) is 71.9 Å². The minimum absolute atomic E-state index is 0.0484. The Morgan fingerprint density at radius 3 is 2.35 bits per heavy atom. The molecule has 1 amide bonds. The summed E-state index contributed by atoms with van der Waals surface area (Å²) < 4.78 is 33.7. The third kappa shape index (κ3) is 6.08. The number of rotatable bonds is 6. The minimum Gasteiger partial charge on any atom is -0.444 e. The molecule has 9 nitrogen and oxygen atoms in total. The normalized spacial score (nSPS) is 17.9. The summed E-state index contributed by atoms with van der Waals surface area (Å²) in [6.45, 7) is 5.52. The molecule has 0 unspecified atom stereocenters. The number of anilines is 1. The Hall–Kier alpha value is -3.63. The highest BCUT2D eigenvalue weighted by Gasteiger charge is 2.26. The Balaban J connectivity index is 1.36. The Labute approximate surface area is 239 Å². The van der Waals surface area contributed by atoms with Crippen molar-refractivity contribution < 1.29 is 17.9 Å². The van der Waals surface area contributed by atoms with Gasteiger partial charge in [0, 0.05) is 29.2 Å². The SMILES string of the molecule is CC(C)(C)OC(=O)N[C@H]1CC[C@H](Nc2ncc(Cl)c(-c3cn(S(=O)(=O)c4ccccc4)c4ccccc34)n2)CC1. The number of alkyl carbamates (subject to hydrolysis) is 1. The van der Waals surface area contributed by atoms with Crippen molar-refractivity contribution in [2.24, 2.45) is 0 Å². The van der Waals surface area contributed by atoms with Crippen molar-refractivity contribution in [2.45, 2.75) is 69.0 Å². The van der Waals surface area contributed by atoms with E-state index < -0.39 is 21.7 Å². The number of carbonyl (C=O) groups excluding carboxylic acids is 1. The fraction of sp³-hybridized carbons (Fsp3) is 0.345. The number of benzene rings is 2. The maximum absolute atomic E-state index is 13.5. The summed E-state index contributed by atoms with van der Waals surface area (Å²) in [5.41, 5.74) is 1.03. The molecule has 11 heteroatoms. The summed E-state index contributed by atoms with van der Waals surface area (Å²) in [5.74, 6) is 0.408. The monoisotopic (exact) mass is 581 g/mol. The predicted octanol–water partition coefficient (Wildman–Crippen LogP) is 6.24. The van der Waals surface area contributed by atoms with E-state index in [1.165, 1.54) is 10.2 Å². The van der Waals surface area contributed by atoms with Crippen molar-refractivity contribution in [3.63, 3.8) is 0 Å². The van der Waals surface area contributed by atoms with Crippen molar-refractivity contribution in [1.82, 2.24) is 19.3 Å². The van der Waals surface area contributed by atoms with Crippen LogP contribution in [0.4, 0.5) is 10.7 Å². The van der Waals surface area contributed by atoms with E-state index in [-0.39, 0.29) is 17.0 Å². The first-order valence-electron chi connectivity index (χ1n) is 13.2. The number of ether oxygens (including phenoxy) is 1. The van der Waals surface area contributed by atoms with Gasteiger partial charge in [-0.1, -0.05) is 48.0 Å². The lowest BCUT2D eigenvalue weighted by Gasteiger charge is -2.30. The lowest BCUT2D eigenvalue weighted by atomic mass is 9.91. The summed E-state index contributed by atoms with van der Waals surface area (Å²) in [5, 5.41) is 7.37. The number of para-hydroxylation sites is 1. The van der Waals surface area contributed by atoms with E-state index in [4.69, 9.17) is 21.3 Å². The second kappa shape index (κ2) is 11.1. The van der Waals surface area contributed by atoms with Gasteiger partial charge in [-0.3, -0.25) is 0 Å². The molecule has 2 heterocycles. The van der Waals surface area contributed by atoms with Crippen LogP contribution in [0.25, 0.3) is 22.2 Å². The maximum atomic E-state index is 13.5. The average Bonchev–Trinajstić information content (AvgIpc) is 3.31. The summed E-state index contributed by atoms with van der Waals surface area (Å²) in [4.78, 5) is 21.4. The van der Waals surface area contributed by atoms with Crippen LogP contribution in [-0.2, 0) is 14.8 Å². The Morgan fingerprint density at radius 1 is 1.00 bits per heavy atom. The zero-order chi connectivity index (χ0) is 28.5. The molecule has 1 aliphatic carbocycles. The molecule has 2 aromatic heterocycles. The number of nitrogens with one attached hydrogen (secondary N) is 2. The van der Waals surface area contributed by atoms with Crippen LogP contribution in [-0.4, -0.2) is 46.1 Å². The standard InChI is InChI=1S/C29H32ClN5O4S/c1-29(2,3)39-28(36)33-20-15-13-19(14-16-20)32-27-31-17-24(30)26(34-27)23-18-35(25-12-8-7-11-22(23)25)40(37,38)21-9-5-4-6-10-21/h4-12,17-20H,13-16H2,1-3H3,(H,33,36)(H,31,32,34)/t19-,20-. The second-order valence-electron chi connectivity index (χ2n) is 10.9. The molecular weight excluding hydrogens is 550 g/mol. The number of nitrogens with zero attached hydrogens (tertiary/aromatic N) is 3. The third-order valence-electron chi connectivity index (χ3n) is 6.76. The molecule has 4 aromatic rings. The highest BCUT2D eigenvalue weighted by atomic mass is 35.5. The van der Waals surface area contributed by atoms with Gasteiger partial charge in [-0.05, 0) is 64.7 Å². The summed E-state index contributed by atoms with van der Waals surface area (Å²) in [6, 6.07) is 15.7. The van der Waals surface area contributed by atoms with E-state index in [1.807, 2.05) is 32.9 Å². The van der Waals surface area contributed by atoms with Crippen molar-refractivity contribution >= 4 is 44.6 Å². The molecule has 1 aliphatic rings. The summed E-state index contributed by atoms with van der Waals surface area (Å²) in [7, 11) is -3.85. The number of halogens is 1. The van der Waals surface area contributed by atoms with Crippen LogP contribution in [0, 0.1) is 0 Å². The van der Waals surface area contributed by atoms with E-state index in [9.17, 15) is 13.2 Å². The van der Waals surface area contributed by atoms with Crippen LogP contribution in [0.2, 0.25) is 5.02 Å². The fourth-order valence-electron chi connectivity index (χ4n) is 4.91. The van der Waals surface area contributed by atoms with E-state index >= 15 is 0 Å². The van der Waals surface area contributed by atoms with Crippen LogP contribution in [0.3, 0.4) is 0 Å². The Morgan fingerprint density at radius 2 is 1.65 bits per heavy atom. The number of carbonyl (C=O) groups is 1. The second-order valence-corrected chi connectivity index (χ2v) is 13.1. The van der Waals surface area contributed by atoms with E-state index in [2.05, 4.69) is 15.6 Å². The fourth-order valence-corrected chi connectivity index (χ4v) is 6.49. The number of aromatic nitrogens is 3. The van der Waals surface area contributed by atoms with Gasteiger partial charge in [0.2, 0.25) is 5.95 Å². The molecule has 2 aromatic carbocycles. The first-order valence-corrected chi connectivity index (χ1v) is 15.0. The van der Waals surface area contributed by atoms with Crippen molar-refractivity contribution in [3.05, 3.63) is 72.0 Å². The molecule has 0 radical (unpaired) electrons. The van der Waals surface area contributed by atoms with Crippen LogP contribution >= 0.6 is 11.6 Å². The summed E-state index contributed by atoms with van der Waals surface area (Å²) >= 11 is 6.56. The Kier molecular flexibility index (Phi) is 7.74. The zero-order valence-electron chi connectivity index (χ0n) is 22.6. The molecule has 0 bridgehead atoms. The van der Waals surface area contributed by atoms with Gasteiger partial charge in [0.25, 0.3) is 10.0 Å². The third-order valence-corrected chi connectivity index (χ3v) is 8.72. The van der Waals surface area contributed by atoms with Crippen LogP contribution in [0.5, 0.6) is 0 Å². The maximum Gasteiger partial charge on any atom is 0.407 e. The van der Waals surface area contributed by atoms with Gasteiger partial charge in [0.05, 0.1) is 27.3 Å². The lowest BCUT2D eigenvalue weighted by Crippen LogP contribution is -2.42. The quantitative estimate of drug-likeness (QED) is 0.277. The van der Waals surface area contributed by atoms with Crippen molar-refractivity contribution in [2.75, 3.05) is 5.32 Å². The van der Waals surface area contributed by atoms with Gasteiger partial charge in [-0.15, -0.1) is 0 Å². The van der Waals surface area contributed by atoms with Crippen LogP contribution < -0.4 is 10.6 Å². The predicted molar refractivity (Wildman–Crippen MR) is 156 cm³/mol. The number of hydrogen-bond donors (Lipinski definition) is 2. The molecule has 40 heavy (non-hydrogen) atoms. The molecule has 1 fully saturated rings. The molecule has 2 N–H and O–H groups in total. The molecule has 1 saturated carbocycles. The topological polar surface area (TPSA) is 115 Å². The van der Waals surface area contributed by atoms with Gasteiger partial charge < -0.3 is 15.4 Å². The van der Waals surface area contributed by atoms with E-state index in [0.29, 0.717) is 33.1 Å². The van der Waals surface area contributed by atoms with Gasteiger partial charge >= 0.3 is 6.09 Å². The van der Waals surface area contributed by atoms with Crippen LogP contribution in [0.1, 0.15) is 46.5 Å². The Bertz CT molecular complexity index is 1630. The molecule has 0 atom stereocenters. The lowest BCUT2D eigenvalue weighted by molar-refractivity contribution is 0.0492. The highest BCUT2D eigenvalue weighted by molar-refractivity contribution is 7.90. The van der Waals surface area contributed by atoms with Gasteiger partial charge in [0.1, 0.15) is 5.60 Å². The highest BCUT2D eigenvalue weighted by Crippen LogP contribution is 2.36. The van der Waals surface area contributed by atoms with Crippen molar-refractivity contribution in [3.8, 4) is 11.3 Å². The van der Waals surface area contributed by atoms with Crippen molar-refractivity contribution in [1.29, 1.82) is 0 Å². The first kappa shape index (κ1) is 27.9. The minimum atomic E-state index is -3.85. The molecule has 0 saturated heterocycles. The number of fused-ring (bicyclic) bond motifs is 1. The largest absolute Gasteiger partial charge is 0.444 e. The molecule has 5 rings (SSSR count). The molecule has 0 spiro atoms. The molecular formula is C29H32ClN5O4S. The smallest absolute Gasteiger partial charge is 0.407 e. The first-order chi connectivity index (χ1) is 19.0. The molecule has 210 valence electrons. The summed E-state index contributed by atoms with van der Waals surface area (Å²) in [6.07, 6.45) is 5.91. The van der Waals surface area contributed by atoms with Gasteiger partial charge in [0.15, 0.2) is 0 Å². The number of amides is 1. The average molecular weight is 582 g/mol.